The molecular formula is C11H11N5O4S. The summed E-state index contributed by atoms with van der Waals surface area (Å²) >= 11 is 0. The van der Waals surface area contributed by atoms with Crippen molar-refractivity contribution in [2.75, 3.05) is 14.1 Å². The van der Waals surface area contributed by atoms with Crippen LogP contribution in [0.3, 0.4) is 0 Å². The zero-order chi connectivity index (χ0) is 15.4. The van der Waals surface area contributed by atoms with Crippen molar-refractivity contribution < 1.29 is 8.42 Å². The van der Waals surface area contributed by atoms with Crippen molar-refractivity contribution in [3.63, 3.8) is 0 Å². The molecule has 110 valence electrons. The molecule has 0 unspecified atom stereocenters. The monoisotopic (exact) mass is 309 g/mol. The molecule has 1 aromatic heterocycles. The van der Waals surface area contributed by atoms with E-state index in [-0.39, 0.29) is 11.6 Å². The molecule has 0 bridgehead atoms. The van der Waals surface area contributed by atoms with Crippen molar-refractivity contribution in [3.8, 4) is 5.69 Å². The van der Waals surface area contributed by atoms with Gasteiger partial charge in [-0.05, 0) is 12.1 Å². The number of aromatic nitrogens is 3. The summed E-state index contributed by atoms with van der Waals surface area (Å²) in [4.78, 5) is 26.1. The van der Waals surface area contributed by atoms with Gasteiger partial charge in [0.05, 0.1) is 5.69 Å². The number of fused-ring (bicyclic) bond motifs is 1. The molecule has 0 fully saturated rings. The minimum atomic E-state index is -4.25. The molecule has 2 aromatic rings. The van der Waals surface area contributed by atoms with E-state index in [2.05, 4.69) is 4.40 Å². The molecule has 2 heterocycles. The van der Waals surface area contributed by atoms with Crippen LogP contribution in [0.1, 0.15) is 0 Å². The van der Waals surface area contributed by atoms with Gasteiger partial charge in [0.15, 0.2) is 0 Å². The van der Waals surface area contributed by atoms with E-state index in [1.54, 1.807) is 18.2 Å². The Morgan fingerprint density at radius 3 is 2.24 bits per heavy atom. The number of para-hydroxylation sites is 1. The summed E-state index contributed by atoms with van der Waals surface area (Å²) in [5.74, 6) is -0.133. The van der Waals surface area contributed by atoms with Crippen molar-refractivity contribution in [1.29, 1.82) is 0 Å². The summed E-state index contributed by atoms with van der Waals surface area (Å²) < 4.78 is 29.2. The fourth-order valence-electron chi connectivity index (χ4n) is 2.04. The molecule has 0 atom stereocenters. The highest BCUT2D eigenvalue weighted by atomic mass is 32.2. The first-order chi connectivity index (χ1) is 9.84. The first-order valence-corrected chi connectivity index (χ1v) is 7.30. The summed E-state index contributed by atoms with van der Waals surface area (Å²) in [5, 5.41) is 0. The lowest BCUT2D eigenvalue weighted by molar-refractivity contribution is 0.566. The molecule has 0 radical (unpaired) electrons. The Labute approximate surface area is 119 Å². The average Bonchev–Trinajstić information content (AvgIpc) is 2.85. The van der Waals surface area contributed by atoms with E-state index in [0.717, 1.165) is 9.25 Å². The number of benzene rings is 1. The Balaban J connectivity index is 2.43. The zero-order valence-corrected chi connectivity index (χ0v) is 12.0. The van der Waals surface area contributed by atoms with Crippen LogP contribution >= 0.6 is 0 Å². The van der Waals surface area contributed by atoms with E-state index >= 15 is 0 Å². The number of hydrogen-bond donors (Lipinski definition) is 0. The second kappa shape index (κ2) is 4.19. The average molecular weight is 309 g/mol. The third-order valence-electron chi connectivity index (χ3n) is 2.93. The Kier molecular flexibility index (Phi) is 2.66. The quantitative estimate of drug-likeness (QED) is 0.650. The molecule has 0 saturated carbocycles. The summed E-state index contributed by atoms with van der Waals surface area (Å²) in [7, 11) is -1.19. The number of rotatable bonds is 1. The first-order valence-electron chi connectivity index (χ1n) is 5.90. The molecule has 0 N–H and O–H groups in total. The van der Waals surface area contributed by atoms with Crippen LogP contribution in [-0.2, 0) is 10.2 Å². The minimum Gasteiger partial charge on any atom is -0.346 e. The molecule has 3 rings (SSSR count). The van der Waals surface area contributed by atoms with Crippen LogP contribution in [0.5, 0.6) is 0 Å². The SMILES string of the molecule is CN(C)C1=NS(=O)(=O)n2c(=O)n(-c3ccccc3)c(=O)n21. The van der Waals surface area contributed by atoms with Crippen LogP contribution < -0.4 is 11.4 Å². The van der Waals surface area contributed by atoms with Gasteiger partial charge in [-0.15, -0.1) is 9.08 Å². The maximum absolute atomic E-state index is 12.4. The Morgan fingerprint density at radius 1 is 1.05 bits per heavy atom. The zero-order valence-electron chi connectivity index (χ0n) is 11.2. The second-order valence-electron chi connectivity index (χ2n) is 4.55. The van der Waals surface area contributed by atoms with Gasteiger partial charge in [0.1, 0.15) is 0 Å². The smallest absolute Gasteiger partial charge is 0.346 e. The largest absolute Gasteiger partial charge is 0.370 e. The van der Waals surface area contributed by atoms with E-state index in [1.807, 2.05) is 0 Å². The first kappa shape index (κ1) is 13.4. The van der Waals surface area contributed by atoms with Crippen molar-refractivity contribution in [2.45, 2.75) is 0 Å². The lowest BCUT2D eigenvalue weighted by Crippen LogP contribution is -2.37. The van der Waals surface area contributed by atoms with Crippen molar-refractivity contribution in [2.24, 2.45) is 4.40 Å². The molecule has 1 aliphatic rings. The van der Waals surface area contributed by atoms with Crippen LogP contribution in [0.2, 0.25) is 0 Å². The van der Waals surface area contributed by atoms with Crippen LogP contribution in [0.4, 0.5) is 0 Å². The fourth-order valence-corrected chi connectivity index (χ4v) is 3.20. The Bertz CT molecular complexity index is 962. The third kappa shape index (κ3) is 1.76. The molecule has 0 amide bonds. The van der Waals surface area contributed by atoms with E-state index in [9.17, 15) is 18.0 Å². The van der Waals surface area contributed by atoms with Gasteiger partial charge in [0.2, 0.25) is 5.96 Å². The molecule has 21 heavy (non-hydrogen) atoms. The third-order valence-corrected chi connectivity index (χ3v) is 4.08. The molecule has 1 aromatic carbocycles. The van der Waals surface area contributed by atoms with E-state index in [1.165, 1.54) is 31.1 Å². The van der Waals surface area contributed by atoms with E-state index in [4.69, 9.17) is 0 Å². The predicted molar refractivity (Wildman–Crippen MR) is 75.1 cm³/mol. The summed E-state index contributed by atoms with van der Waals surface area (Å²) in [5.41, 5.74) is -1.48. The van der Waals surface area contributed by atoms with Gasteiger partial charge in [-0.1, -0.05) is 22.3 Å². The van der Waals surface area contributed by atoms with Gasteiger partial charge in [-0.25, -0.2) is 14.2 Å². The maximum Gasteiger partial charge on any atom is 0.370 e. The fraction of sp³-hybridized carbons (Fsp3) is 0.182. The Morgan fingerprint density at radius 2 is 1.67 bits per heavy atom. The maximum atomic E-state index is 12.4. The summed E-state index contributed by atoms with van der Waals surface area (Å²) in [6, 6.07) is 8.09. The van der Waals surface area contributed by atoms with Crippen molar-refractivity contribution in [3.05, 3.63) is 51.3 Å². The standard InChI is InChI=1S/C11H11N5O4S/c1-13(2)9-12-21(19,20)16-11(18)14(10(17)15(9)16)8-6-4-3-5-7-8/h3-7H,1-2H3. The number of nitrogens with zero attached hydrogens (tertiary/aromatic N) is 5. The van der Waals surface area contributed by atoms with Crippen LogP contribution in [0.15, 0.2) is 44.3 Å². The molecule has 0 spiro atoms. The molecule has 9 nitrogen and oxygen atoms in total. The van der Waals surface area contributed by atoms with Crippen molar-refractivity contribution >= 4 is 16.2 Å². The highest BCUT2D eigenvalue weighted by molar-refractivity contribution is 7.88. The van der Waals surface area contributed by atoms with E-state index in [0.29, 0.717) is 4.09 Å². The van der Waals surface area contributed by atoms with Gasteiger partial charge in [-0.2, -0.15) is 8.42 Å². The van der Waals surface area contributed by atoms with Gasteiger partial charge < -0.3 is 4.90 Å². The molecule has 0 aliphatic carbocycles. The Hall–Kier alpha value is -2.62. The van der Waals surface area contributed by atoms with Crippen LogP contribution in [0.25, 0.3) is 5.69 Å². The highest BCUT2D eigenvalue weighted by Crippen LogP contribution is 2.08. The predicted octanol–water partition coefficient (Wildman–Crippen LogP) is -1.33. The highest BCUT2D eigenvalue weighted by Gasteiger charge is 2.35. The van der Waals surface area contributed by atoms with Crippen LogP contribution in [-0.4, -0.2) is 46.7 Å². The lowest BCUT2D eigenvalue weighted by atomic mass is 10.3. The summed E-state index contributed by atoms with van der Waals surface area (Å²) in [6.45, 7) is 0. The van der Waals surface area contributed by atoms with Gasteiger partial charge in [0, 0.05) is 14.1 Å². The van der Waals surface area contributed by atoms with Crippen molar-refractivity contribution in [1.82, 2.24) is 18.2 Å². The van der Waals surface area contributed by atoms with Gasteiger partial charge >= 0.3 is 21.6 Å². The topological polar surface area (TPSA) is 98.7 Å². The minimum absolute atomic E-state index is 0.133. The van der Waals surface area contributed by atoms with Crippen LogP contribution in [0, 0.1) is 0 Å². The molecule has 1 aliphatic heterocycles. The normalized spacial score (nSPS) is 15.6. The lowest BCUT2D eigenvalue weighted by Gasteiger charge is -2.09. The van der Waals surface area contributed by atoms with E-state index < -0.39 is 21.6 Å². The summed E-state index contributed by atoms with van der Waals surface area (Å²) in [6.07, 6.45) is 0. The second-order valence-corrected chi connectivity index (χ2v) is 5.98. The molecular weight excluding hydrogens is 298 g/mol. The van der Waals surface area contributed by atoms with Gasteiger partial charge in [0.25, 0.3) is 0 Å². The number of hydrogen-bond acceptors (Lipinski definition) is 5. The molecule has 10 heteroatoms. The van der Waals surface area contributed by atoms with Gasteiger partial charge in [-0.3, -0.25) is 0 Å². The molecule has 0 saturated heterocycles.